The van der Waals surface area contributed by atoms with E-state index in [0.29, 0.717) is 12.8 Å². The highest BCUT2D eigenvalue weighted by Crippen LogP contribution is 2.24. The maximum Gasteiger partial charge on any atom is 0.378 e. The van der Waals surface area contributed by atoms with Crippen LogP contribution in [-0.2, 0) is 23.8 Å². The molecule has 0 radical (unpaired) electrons. The lowest BCUT2D eigenvalue weighted by molar-refractivity contribution is -0.158. The van der Waals surface area contributed by atoms with Crippen molar-refractivity contribution in [1.29, 1.82) is 0 Å². The summed E-state index contributed by atoms with van der Waals surface area (Å²) in [6, 6.07) is 0. The smallest absolute Gasteiger partial charge is 0.378 e. The number of hydrogen-bond acceptors (Lipinski definition) is 9. The molecule has 0 saturated carbocycles. The van der Waals surface area contributed by atoms with E-state index in [1.54, 1.807) is 0 Å². The molecule has 138 valence electrons. The highest BCUT2D eigenvalue weighted by molar-refractivity contribution is 5.89. The largest absolute Gasteiger partial charge is 0.505 e. The first-order valence-electron chi connectivity index (χ1n) is 7.76. The van der Waals surface area contributed by atoms with Crippen molar-refractivity contribution in [3.05, 3.63) is 11.5 Å². The van der Waals surface area contributed by atoms with E-state index in [0.717, 1.165) is 0 Å². The summed E-state index contributed by atoms with van der Waals surface area (Å²) in [5, 5.41) is 37.7. The van der Waals surface area contributed by atoms with Gasteiger partial charge in [-0.2, -0.15) is 0 Å². The lowest BCUT2D eigenvalue weighted by Gasteiger charge is -2.18. The average molecular weight is 348 g/mol. The predicted octanol–water partition coefficient (Wildman–Crippen LogP) is -0.608. The van der Waals surface area contributed by atoms with Crippen LogP contribution in [0.25, 0.3) is 0 Å². The number of aliphatic hydroxyl groups is 4. The van der Waals surface area contributed by atoms with Gasteiger partial charge in [0.05, 0.1) is 12.5 Å². The van der Waals surface area contributed by atoms with Gasteiger partial charge in [-0.3, -0.25) is 4.79 Å². The first-order valence-corrected chi connectivity index (χ1v) is 7.76. The zero-order valence-electron chi connectivity index (χ0n) is 13.7. The van der Waals surface area contributed by atoms with E-state index in [1.807, 2.05) is 13.8 Å². The van der Waals surface area contributed by atoms with E-state index < -0.39 is 61.6 Å². The molecular formula is C15H24O9. The molecule has 1 heterocycles. The molecule has 0 fully saturated rings. The molecule has 0 aromatic rings. The third-order valence-corrected chi connectivity index (χ3v) is 3.62. The third-order valence-electron chi connectivity index (χ3n) is 3.62. The molecule has 0 saturated heterocycles. The van der Waals surface area contributed by atoms with Crippen molar-refractivity contribution >= 4 is 11.9 Å². The van der Waals surface area contributed by atoms with E-state index >= 15 is 0 Å². The van der Waals surface area contributed by atoms with Crippen LogP contribution in [0, 0.1) is 5.92 Å². The van der Waals surface area contributed by atoms with Gasteiger partial charge in [-0.15, -0.1) is 0 Å². The molecule has 1 aliphatic rings. The monoisotopic (exact) mass is 348 g/mol. The molecule has 0 spiro atoms. The summed E-state index contributed by atoms with van der Waals surface area (Å²) in [5.41, 5.74) is 0. The van der Waals surface area contributed by atoms with Crippen molar-refractivity contribution in [2.45, 2.75) is 45.0 Å². The van der Waals surface area contributed by atoms with Crippen LogP contribution >= 0.6 is 0 Å². The number of esters is 2. The van der Waals surface area contributed by atoms with E-state index in [4.69, 9.17) is 19.3 Å². The maximum atomic E-state index is 11.8. The van der Waals surface area contributed by atoms with E-state index in [2.05, 4.69) is 0 Å². The van der Waals surface area contributed by atoms with Gasteiger partial charge in [0.1, 0.15) is 25.4 Å². The van der Waals surface area contributed by atoms with Gasteiger partial charge >= 0.3 is 11.9 Å². The second kappa shape index (κ2) is 9.45. The first-order chi connectivity index (χ1) is 11.3. The molecule has 24 heavy (non-hydrogen) atoms. The number of ether oxygens (including phenoxy) is 3. The van der Waals surface area contributed by atoms with Crippen molar-refractivity contribution in [3.8, 4) is 0 Å². The van der Waals surface area contributed by atoms with Crippen LogP contribution in [-0.4, -0.2) is 70.5 Å². The molecule has 0 aliphatic carbocycles. The summed E-state index contributed by atoms with van der Waals surface area (Å²) in [6.45, 7) is 2.20. The summed E-state index contributed by atoms with van der Waals surface area (Å²) in [4.78, 5) is 23.4. The van der Waals surface area contributed by atoms with Gasteiger partial charge in [-0.25, -0.2) is 4.79 Å². The number of aliphatic hydroxyl groups excluding tert-OH is 4. The lowest BCUT2D eigenvalue weighted by Crippen LogP contribution is -2.34. The van der Waals surface area contributed by atoms with Crippen molar-refractivity contribution < 1.29 is 44.2 Å². The molecule has 1 rings (SSSR count). The standard InChI is InChI=1S/C15H24O9/c1-3-8(4-2)14(20)23-7-10(18)12-11(19)13(15(21)24-12)22-6-9(17)5-16/h8-10,12,16-19H,3-7H2,1-2H3. The van der Waals surface area contributed by atoms with Gasteiger partial charge in [0, 0.05) is 0 Å². The van der Waals surface area contributed by atoms with Crippen LogP contribution in [0.15, 0.2) is 11.5 Å². The Morgan fingerprint density at radius 1 is 1.25 bits per heavy atom. The topological polar surface area (TPSA) is 143 Å². The summed E-state index contributed by atoms with van der Waals surface area (Å²) in [7, 11) is 0. The van der Waals surface area contributed by atoms with Crippen molar-refractivity contribution in [3.63, 3.8) is 0 Å². The summed E-state index contributed by atoms with van der Waals surface area (Å²) in [6.07, 6.45) is -2.92. The molecule has 0 amide bonds. The zero-order valence-corrected chi connectivity index (χ0v) is 13.7. The van der Waals surface area contributed by atoms with E-state index in [1.165, 1.54) is 0 Å². The fourth-order valence-electron chi connectivity index (χ4n) is 2.08. The van der Waals surface area contributed by atoms with Gasteiger partial charge in [0.15, 0.2) is 11.9 Å². The minimum atomic E-state index is -1.46. The molecule has 9 nitrogen and oxygen atoms in total. The van der Waals surface area contributed by atoms with Crippen molar-refractivity contribution in [2.75, 3.05) is 19.8 Å². The van der Waals surface area contributed by atoms with E-state index in [-0.39, 0.29) is 5.92 Å². The highest BCUT2D eigenvalue weighted by atomic mass is 16.6. The van der Waals surface area contributed by atoms with E-state index in [9.17, 15) is 24.9 Å². The number of carbonyl (C=O) groups excluding carboxylic acids is 2. The normalized spacial score (nSPS) is 20.1. The number of cyclic esters (lactones) is 1. The van der Waals surface area contributed by atoms with Gasteiger partial charge in [0.25, 0.3) is 0 Å². The highest BCUT2D eigenvalue weighted by Gasteiger charge is 2.41. The Bertz CT molecular complexity index is 470. The summed E-state index contributed by atoms with van der Waals surface area (Å²) < 4.78 is 14.6. The molecule has 0 aromatic carbocycles. The minimum Gasteiger partial charge on any atom is -0.505 e. The van der Waals surface area contributed by atoms with Gasteiger partial charge in [-0.05, 0) is 12.8 Å². The van der Waals surface area contributed by atoms with Crippen molar-refractivity contribution in [1.82, 2.24) is 0 Å². The minimum absolute atomic E-state index is 0.286. The SMILES string of the molecule is CCC(CC)C(=O)OCC(O)C1OC(=O)C(OCC(O)CO)=C1O. The van der Waals surface area contributed by atoms with Crippen LogP contribution in [0.2, 0.25) is 0 Å². The summed E-state index contributed by atoms with van der Waals surface area (Å²) >= 11 is 0. The molecule has 4 N–H and O–H groups in total. The fraction of sp³-hybridized carbons (Fsp3) is 0.733. The predicted molar refractivity (Wildman–Crippen MR) is 79.6 cm³/mol. The lowest BCUT2D eigenvalue weighted by atomic mass is 10.0. The van der Waals surface area contributed by atoms with Crippen LogP contribution < -0.4 is 0 Å². The third kappa shape index (κ3) is 5.08. The van der Waals surface area contributed by atoms with Crippen molar-refractivity contribution in [2.24, 2.45) is 5.92 Å². The molecule has 3 unspecified atom stereocenters. The number of carbonyl (C=O) groups is 2. The zero-order chi connectivity index (χ0) is 18.3. The Morgan fingerprint density at radius 3 is 2.42 bits per heavy atom. The molecule has 0 bridgehead atoms. The molecule has 3 atom stereocenters. The Balaban J connectivity index is 2.61. The quantitative estimate of drug-likeness (QED) is 0.380. The van der Waals surface area contributed by atoms with Crippen LogP contribution in [0.5, 0.6) is 0 Å². The Morgan fingerprint density at radius 2 is 1.88 bits per heavy atom. The van der Waals surface area contributed by atoms with Gasteiger partial charge in [-0.1, -0.05) is 13.8 Å². The maximum absolute atomic E-state index is 11.8. The number of rotatable bonds is 10. The molecular weight excluding hydrogens is 324 g/mol. The van der Waals surface area contributed by atoms with Crippen LogP contribution in [0.4, 0.5) is 0 Å². The Kier molecular flexibility index (Phi) is 7.96. The summed E-state index contributed by atoms with van der Waals surface area (Å²) in [5.74, 6) is -3.00. The van der Waals surface area contributed by atoms with Gasteiger partial charge in [0.2, 0.25) is 5.76 Å². The Labute approximate surface area is 139 Å². The van der Waals surface area contributed by atoms with Gasteiger partial charge < -0.3 is 34.6 Å². The average Bonchev–Trinajstić information content (AvgIpc) is 2.85. The van der Waals surface area contributed by atoms with Crippen LogP contribution in [0.1, 0.15) is 26.7 Å². The molecule has 9 heteroatoms. The fourth-order valence-corrected chi connectivity index (χ4v) is 2.08. The molecule has 0 aromatic heterocycles. The Hall–Kier alpha value is -1.84. The number of hydrogen-bond donors (Lipinski definition) is 4. The van der Waals surface area contributed by atoms with Crippen LogP contribution in [0.3, 0.4) is 0 Å². The first kappa shape index (κ1) is 20.2. The molecule has 1 aliphatic heterocycles. The second-order valence-corrected chi connectivity index (χ2v) is 5.40. The second-order valence-electron chi connectivity index (χ2n) is 5.40.